The molecule has 0 aromatic heterocycles. The number of hydrogen-bond donors (Lipinski definition) is 0. The summed E-state index contributed by atoms with van der Waals surface area (Å²) in [4.78, 5) is 0. The zero-order chi connectivity index (χ0) is 11.4. The molecule has 1 rings (SSSR count). The Hall–Kier alpha value is -0.760. The van der Waals surface area contributed by atoms with Crippen molar-refractivity contribution in [2.75, 3.05) is 0 Å². The zero-order valence-corrected chi connectivity index (χ0v) is 11.0. The van der Waals surface area contributed by atoms with Crippen LogP contribution in [0.4, 0.5) is 0 Å². The second-order valence-electron chi connectivity index (χ2n) is 3.90. The third-order valence-corrected chi connectivity index (χ3v) is 2.73. The van der Waals surface area contributed by atoms with Gasteiger partial charge in [-0.25, -0.2) is 0 Å². The molecule has 0 heterocycles. The highest BCUT2D eigenvalue weighted by atomic mass is 79.9. The van der Waals surface area contributed by atoms with E-state index in [1.165, 1.54) is 5.56 Å². The Kier molecular flexibility index (Phi) is 4.40. The first-order valence-electron chi connectivity index (χ1n) is 5.13. The highest BCUT2D eigenvalue weighted by Gasteiger charge is 2.09. The molecule has 15 heavy (non-hydrogen) atoms. The number of benzene rings is 1. The van der Waals surface area contributed by atoms with Gasteiger partial charge >= 0.3 is 0 Å². The average molecular weight is 269 g/mol. The van der Waals surface area contributed by atoms with Crippen LogP contribution in [0, 0.1) is 0 Å². The van der Waals surface area contributed by atoms with Crippen molar-refractivity contribution in [1.29, 1.82) is 0 Å². The van der Waals surface area contributed by atoms with E-state index in [0.717, 1.165) is 10.2 Å². The van der Waals surface area contributed by atoms with Crippen molar-refractivity contribution < 1.29 is 4.74 Å². The Morgan fingerprint density at radius 3 is 2.53 bits per heavy atom. The summed E-state index contributed by atoms with van der Waals surface area (Å²) in [5.41, 5.74) is 1.22. The summed E-state index contributed by atoms with van der Waals surface area (Å²) >= 11 is 3.47. The number of hydrogen-bond acceptors (Lipinski definition) is 1. The fraction of sp³-hybridized carbons (Fsp3) is 0.385. The number of rotatable bonds is 4. The van der Waals surface area contributed by atoms with Crippen molar-refractivity contribution >= 4 is 15.9 Å². The van der Waals surface area contributed by atoms with E-state index in [-0.39, 0.29) is 6.10 Å². The van der Waals surface area contributed by atoms with Crippen LogP contribution in [-0.4, -0.2) is 6.10 Å². The van der Waals surface area contributed by atoms with Crippen LogP contribution >= 0.6 is 15.9 Å². The van der Waals surface area contributed by atoms with E-state index in [0.29, 0.717) is 5.92 Å². The monoisotopic (exact) mass is 268 g/mol. The van der Waals surface area contributed by atoms with Gasteiger partial charge < -0.3 is 4.74 Å². The van der Waals surface area contributed by atoms with E-state index in [1.54, 1.807) is 6.08 Å². The standard InChI is InChI=1S/C13H17BrO/c1-5-10(4)15-13-7-6-11(14)8-12(13)9(2)3/h5-10H,1H2,2-4H3. The molecule has 1 aromatic carbocycles. The molecular formula is C13H17BrO. The molecule has 1 atom stereocenters. The van der Waals surface area contributed by atoms with Crippen molar-refractivity contribution in [3.63, 3.8) is 0 Å². The van der Waals surface area contributed by atoms with E-state index in [9.17, 15) is 0 Å². The third-order valence-electron chi connectivity index (χ3n) is 2.24. The Morgan fingerprint density at radius 2 is 2.00 bits per heavy atom. The summed E-state index contributed by atoms with van der Waals surface area (Å²) in [5.74, 6) is 1.40. The Balaban J connectivity index is 3.00. The van der Waals surface area contributed by atoms with E-state index in [2.05, 4.69) is 42.4 Å². The molecule has 0 N–H and O–H groups in total. The maximum absolute atomic E-state index is 5.77. The lowest BCUT2D eigenvalue weighted by molar-refractivity contribution is 0.266. The first-order valence-corrected chi connectivity index (χ1v) is 5.92. The SMILES string of the molecule is C=CC(C)Oc1ccc(Br)cc1C(C)C. The fourth-order valence-corrected chi connectivity index (χ4v) is 1.71. The normalized spacial score (nSPS) is 12.6. The second-order valence-corrected chi connectivity index (χ2v) is 4.81. The van der Waals surface area contributed by atoms with Crippen LogP contribution < -0.4 is 4.74 Å². The quantitative estimate of drug-likeness (QED) is 0.730. The first-order chi connectivity index (χ1) is 7.04. The first kappa shape index (κ1) is 12.3. The van der Waals surface area contributed by atoms with Crippen LogP contribution in [0.25, 0.3) is 0 Å². The van der Waals surface area contributed by atoms with Crippen LogP contribution in [0.3, 0.4) is 0 Å². The van der Waals surface area contributed by atoms with Crippen molar-refractivity contribution in [2.24, 2.45) is 0 Å². The molecule has 0 aliphatic carbocycles. The van der Waals surface area contributed by atoms with Gasteiger partial charge in [0.1, 0.15) is 11.9 Å². The molecule has 0 saturated heterocycles. The molecule has 82 valence electrons. The summed E-state index contributed by atoms with van der Waals surface area (Å²) in [6.45, 7) is 10.0. The highest BCUT2D eigenvalue weighted by Crippen LogP contribution is 2.30. The maximum Gasteiger partial charge on any atom is 0.123 e. The van der Waals surface area contributed by atoms with Gasteiger partial charge in [0, 0.05) is 4.47 Å². The van der Waals surface area contributed by atoms with Gasteiger partial charge in [-0.05, 0) is 36.6 Å². The van der Waals surface area contributed by atoms with Gasteiger partial charge in [0.2, 0.25) is 0 Å². The van der Waals surface area contributed by atoms with Gasteiger partial charge in [0.25, 0.3) is 0 Å². The van der Waals surface area contributed by atoms with Gasteiger partial charge in [-0.2, -0.15) is 0 Å². The summed E-state index contributed by atoms with van der Waals surface area (Å²) in [5, 5.41) is 0. The lowest BCUT2D eigenvalue weighted by atomic mass is 10.0. The lowest BCUT2D eigenvalue weighted by Crippen LogP contribution is -2.09. The van der Waals surface area contributed by atoms with E-state index < -0.39 is 0 Å². The summed E-state index contributed by atoms with van der Waals surface area (Å²) in [6, 6.07) is 6.10. The average Bonchev–Trinajstić information content (AvgIpc) is 2.20. The molecule has 2 heteroatoms. The molecule has 0 radical (unpaired) electrons. The van der Waals surface area contributed by atoms with E-state index in [1.807, 2.05) is 19.1 Å². The molecule has 0 amide bonds. The summed E-state index contributed by atoms with van der Waals surface area (Å²) in [7, 11) is 0. The van der Waals surface area contributed by atoms with Gasteiger partial charge in [-0.1, -0.05) is 42.4 Å². The van der Waals surface area contributed by atoms with E-state index in [4.69, 9.17) is 4.74 Å². The summed E-state index contributed by atoms with van der Waals surface area (Å²) in [6.07, 6.45) is 1.84. The van der Waals surface area contributed by atoms with Crippen molar-refractivity contribution in [1.82, 2.24) is 0 Å². The molecule has 0 aliphatic heterocycles. The predicted molar refractivity (Wildman–Crippen MR) is 68.5 cm³/mol. The molecule has 0 saturated carbocycles. The Morgan fingerprint density at radius 1 is 1.33 bits per heavy atom. The van der Waals surface area contributed by atoms with Crippen LogP contribution in [0.5, 0.6) is 5.75 Å². The lowest BCUT2D eigenvalue weighted by Gasteiger charge is -2.17. The minimum absolute atomic E-state index is 0.0451. The highest BCUT2D eigenvalue weighted by molar-refractivity contribution is 9.10. The van der Waals surface area contributed by atoms with Gasteiger partial charge in [-0.15, -0.1) is 0 Å². The second kappa shape index (κ2) is 5.36. The minimum Gasteiger partial charge on any atom is -0.486 e. The van der Waals surface area contributed by atoms with Crippen LogP contribution in [0.1, 0.15) is 32.3 Å². The molecule has 1 unspecified atom stereocenters. The summed E-state index contributed by atoms with van der Waals surface area (Å²) < 4.78 is 6.86. The van der Waals surface area contributed by atoms with Crippen LogP contribution in [-0.2, 0) is 0 Å². The Bertz CT molecular complexity index is 344. The fourth-order valence-electron chi connectivity index (χ4n) is 1.33. The maximum atomic E-state index is 5.77. The van der Waals surface area contributed by atoms with Crippen molar-refractivity contribution in [3.8, 4) is 5.75 Å². The topological polar surface area (TPSA) is 9.23 Å². The predicted octanol–water partition coefficient (Wildman–Crippen LogP) is 4.53. The number of ether oxygens (including phenoxy) is 1. The van der Waals surface area contributed by atoms with Crippen molar-refractivity contribution in [3.05, 3.63) is 40.9 Å². The minimum atomic E-state index is 0.0451. The van der Waals surface area contributed by atoms with Crippen molar-refractivity contribution in [2.45, 2.75) is 32.8 Å². The third kappa shape index (κ3) is 3.38. The molecule has 0 fully saturated rings. The molecule has 0 aliphatic rings. The van der Waals surface area contributed by atoms with Crippen LogP contribution in [0.2, 0.25) is 0 Å². The van der Waals surface area contributed by atoms with Crippen LogP contribution in [0.15, 0.2) is 35.3 Å². The van der Waals surface area contributed by atoms with Gasteiger partial charge in [0.05, 0.1) is 0 Å². The zero-order valence-electron chi connectivity index (χ0n) is 9.46. The van der Waals surface area contributed by atoms with Gasteiger partial charge in [-0.3, -0.25) is 0 Å². The molecular weight excluding hydrogens is 252 g/mol. The number of halogens is 1. The largest absolute Gasteiger partial charge is 0.486 e. The molecule has 0 bridgehead atoms. The Labute approximate surface area is 100 Å². The van der Waals surface area contributed by atoms with Gasteiger partial charge in [0.15, 0.2) is 0 Å². The molecule has 0 spiro atoms. The van der Waals surface area contributed by atoms with E-state index >= 15 is 0 Å². The molecule has 1 aromatic rings. The molecule has 1 nitrogen and oxygen atoms in total. The smallest absolute Gasteiger partial charge is 0.123 e.